The second kappa shape index (κ2) is 6.70. The molecule has 0 bridgehead atoms. The van der Waals surface area contributed by atoms with Gasteiger partial charge in [-0.05, 0) is 31.7 Å². The molecule has 3 heterocycles. The minimum absolute atomic E-state index is 0.448. The first-order valence-corrected chi connectivity index (χ1v) is 9.66. The minimum atomic E-state index is -3.32. The van der Waals surface area contributed by atoms with E-state index in [1.54, 1.807) is 14.8 Å². The first kappa shape index (κ1) is 16.6. The van der Waals surface area contributed by atoms with E-state index in [0.717, 1.165) is 24.5 Å². The number of anilines is 1. The van der Waals surface area contributed by atoms with E-state index in [1.807, 2.05) is 13.0 Å². The Balaban J connectivity index is 1.64. The van der Waals surface area contributed by atoms with E-state index in [2.05, 4.69) is 21.8 Å². The zero-order valence-corrected chi connectivity index (χ0v) is 14.7. The lowest BCUT2D eigenvalue weighted by Crippen LogP contribution is -2.54. The van der Waals surface area contributed by atoms with Gasteiger partial charge in [0.15, 0.2) is 0 Å². The second-order valence-corrected chi connectivity index (χ2v) is 8.39. The Kier molecular flexibility index (Phi) is 4.84. The third-order valence-electron chi connectivity index (χ3n) is 4.60. The quantitative estimate of drug-likeness (QED) is 0.818. The van der Waals surface area contributed by atoms with Crippen molar-refractivity contribution in [3.8, 4) is 0 Å². The highest BCUT2D eigenvalue weighted by Crippen LogP contribution is 2.22. The maximum absolute atomic E-state index is 12.8. The SMILES string of the molecule is Cc1nccc(N2CCN(S(=O)(=O)N3CCCC(C)C3)CC2)n1. The van der Waals surface area contributed by atoms with Crippen LogP contribution in [0.3, 0.4) is 0 Å². The fourth-order valence-corrected chi connectivity index (χ4v) is 5.04. The molecule has 8 heteroatoms. The molecule has 3 rings (SSSR count). The molecule has 0 saturated carbocycles. The van der Waals surface area contributed by atoms with Crippen molar-refractivity contribution in [2.45, 2.75) is 26.7 Å². The summed E-state index contributed by atoms with van der Waals surface area (Å²) >= 11 is 0. The maximum atomic E-state index is 12.8. The molecular formula is C15H25N5O2S. The molecule has 0 spiro atoms. The number of hydrogen-bond donors (Lipinski definition) is 0. The van der Waals surface area contributed by atoms with Gasteiger partial charge in [0.2, 0.25) is 0 Å². The van der Waals surface area contributed by atoms with Crippen molar-refractivity contribution in [3.63, 3.8) is 0 Å². The third kappa shape index (κ3) is 3.64. The van der Waals surface area contributed by atoms with E-state index >= 15 is 0 Å². The summed E-state index contributed by atoms with van der Waals surface area (Å²) in [7, 11) is -3.32. The topological polar surface area (TPSA) is 69.6 Å². The van der Waals surface area contributed by atoms with E-state index in [9.17, 15) is 8.42 Å². The van der Waals surface area contributed by atoms with Gasteiger partial charge in [-0.1, -0.05) is 6.92 Å². The third-order valence-corrected chi connectivity index (χ3v) is 6.60. The number of hydrogen-bond acceptors (Lipinski definition) is 5. The molecule has 1 aromatic rings. The van der Waals surface area contributed by atoms with Gasteiger partial charge in [-0.25, -0.2) is 9.97 Å². The monoisotopic (exact) mass is 339 g/mol. The van der Waals surface area contributed by atoms with Crippen LogP contribution >= 0.6 is 0 Å². The van der Waals surface area contributed by atoms with Crippen LogP contribution in [-0.4, -0.2) is 66.3 Å². The molecule has 23 heavy (non-hydrogen) atoms. The van der Waals surface area contributed by atoms with Gasteiger partial charge in [0.25, 0.3) is 10.2 Å². The number of piperazine rings is 1. The molecule has 2 saturated heterocycles. The van der Waals surface area contributed by atoms with Crippen LogP contribution in [0.1, 0.15) is 25.6 Å². The lowest BCUT2D eigenvalue weighted by atomic mass is 10.0. The average Bonchev–Trinajstić information content (AvgIpc) is 2.55. The van der Waals surface area contributed by atoms with Crippen LogP contribution in [0.5, 0.6) is 0 Å². The summed E-state index contributed by atoms with van der Waals surface area (Å²) in [5, 5.41) is 0. The van der Waals surface area contributed by atoms with E-state index in [4.69, 9.17) is 0 Å². The zero-order valence-electron chi connectivity index (χ0n) is 13.8. The molecule has 1 unspecified atom stereocenters. The molecule has 0 N–H and O–H groups in total. The van der Waals surface area contributed by atoms with Gasteiger partial charge in [-0.15, -0.1) is 0 Å². The Bertz CT molecular complexity index is 643. The van der Waals surface area contributed by atoms with Gasteiger partial charge in [-0.3, -0.25) is 0 Å². The largest absolute Gasteiger partial charge is 0.354 e. The lowest BCUT2D eigenvalue weighted by Gasteiger charge is -2.39. The summed E-state index contributed by atoms with van der Waals surface area (Å²) < 4.78 is 28.9. The Labute approximate surface area is 138 Å². The van der Waals surface area contributed by atoms with E-state index in [0.29, 0.717) is 45.2 Å². The highest BCUT2D eigenvalue weighted by Gasteiger charge is 2.34. The molecule has 1 atom stereocenters. The summed E-state index contributed by atoms with van der Waals surface area (Å²) in [6, 6.07) is 1.88. The fourth-order valence-electron chi connectivity index (χ4n) is 3.29. The standard InChI is InChI=1S/C15H25N5O2S/c1-13-4-3-7-20(12-13)23(21,22)19-10-8-18(9-11-19)15-5-6-16-14(2)17-15/h5-6,13H,3-4,7-12H2,1-2H3. The summed E-state index contributed by atoms with van der Waals surface area (Å²) in [6.45, 7) is 7.63. The highest BCUT2D eigenvalue weighted by atomic mass is 32.2. The predicted molar refractivity (Wildman–Crippen MR) is 89.4 cm³/mol. The van der Waals surface area contributed by atoms with Crippen molar-refractivity contribution in [3.05, 3.63) is 18.1 Å². The van der Waals surface area contributed by atoms with Crippen LogP contribution in [0.4, 0.5) is 5.82 Å². The molecule has 128 valence electrons. The minimum Gasteiger partial charge on any atom is -0.354 e. The Morgan fingerprint density at radius 1 is 1.13 bits per heavy atom. The Morgan fingerprint density at radius 3 is 2.52 bits per heavy atom. The fraction of sp³-hybridized carbons (Fsp3) is 0.733. The van der Waals surface area contributed by atoms with Crippen LogP contribution < -0.4 is 4.90 Å². The van der Waals surface area contributed by atoms with Crippen molar-refractivity contribution in [2.24, 2.45) is 5.92 Å². The van der Waals surface area contributed by atoms with Gasteiger partial charge in [0.1, 0.15) is 11.6 Å². The van der Waals surface area contributed by atoms with Crippen molar-refractivity contribution >= 4 is 16.0 Å². The summed E-state index contributed by atoms with van der Waals surface area (Å²) in [5.74, 6) is 2.06. The maximum Gasteiger partial charge on any atom is 0.282 e. The molecule has 0 aromatic carbocycles. The van der Waals surface area contributed by atoms with Crippen molar-refractivity contribution in [1.82, 2.24) is 18.6 Å². The normalized spacial score (nSPS) is 24.8. The highest BCUT2D eigenvalue weighted by molar-refractivity contribution is 7.86. The molecule has 2 aliphatic heterocycles. The summed E-state index contributed by atoms with van der Waals surface area (Å²) in [5.41, 5.74) is 0. The number of aryl methyl sites for hydroxylation is 1. The van der Waals surface area contributed by atoms with Crippen molar-refractivity contribution < 1.29 is 8.42 Å². The first-order chi connectivity index (χ1) is 11.0. The number of piperidine rings is 1. The van der Waals surface area contributed by atoms with Crippen LogP contribution in [0, 0.1) is 12.8 Å². The summed E-state index contributed by atoms with van der Waals surface area (Å²) in [4.78, 5) is 10.7. The lowest BCUT2D eigenvalue weighted by molar-refractivity contribution is 0.254. The molecule has 7 nitrogen and oxygen atoms in total. The van der Waals surface area contributed by atoms with Gasteiger partial charge >= 0.3 is 0 Å². The molecule has 1 aromatic heterocycles. The van der Waals surface area contributed by atoms with Crippen molar-refractivity contribution in [2.75, 3.05) is 44.2 Å². The zero-order chi connectivity index (χ0) is 16.4. The van der Waals surface area contributed by atoms with Crippen molar-refractivity contribution in [1.29, 1.82) is 0 Å². The summed E-state index contributed by atoms with van der Waals surface area (Å²) in [6.07, 6.45) is 3.82. The van der Waals surface area contributed by atoms with Crippen LogP contribution in [0.15, 0.2) is 12.3 Å². The molecule has 0 amide bonds. The number of nitrogens with zero attached hydrogens (tertiary/aromatic N) is 5. The van der Waals surface area contributed by atoms with Gasteiger partial charge in [-0.2, -0.15) is 17.0 Å². The average molecular weight is 339 g/mol. The molecule has 0 aliphatic carbocycles. The number of rotatable bonds is 3. The van der Waals surface area contributed by atoms with Gasteiger partial charge in [0.05, 0.1) is 0 Å². The molecular weight excluding hydrogens is 314 g/mol. The van der Waals surface area contributed by atoms with Gasteiger partial charge in [0, 0.05) is 45.5 Å². The Morgan fingerprint density at radius 2 is 1.87 bits per heavy atom. The smallest absolute Gasteiger partial charge is 0.282 e. The number of aromatic nitrogens is 2. The van der Waals surface area contributed by atoms with Crippen LogP contribution in [0.2, 0.25) is 0 Å². The molecule has 2 fully saturated rings. The van der Waals surface area contributed by atoms with E-state index < -0.39 is 10.2 Å². The first-order valence-electron chi connectivity index (χ1n) is 8.26. The molecule has 2 aliphatic rings. The van der Waals surface area contributed by atoms with E-state index in [1.165, 1.54) is 0 Å². The Hall–Kier alpha value is -1.25. The van der Waals surface area contributed by atoms with Gasteiger partial charge < -0.3 is 4.90 Å². The van der Waals surface area contributed by atoms with Crippen LogP contribution in [0.25, 0.3) is 0 Å². The molecule has 0 radical (unpaired) electrons. The van der Waals surface area contributed by atoms with Crippen LogP contribution in [-0.2, 0) is 10.2 Å². The van der Waals surface area contributed by atoms with E-state index in [-0.39, 0.29) is 0 Å². The second-order valence-electron chi connectivity index (χ2n) is 6.46. The predicted octanol–water partition coefficient (Wildman–Crippen LogP) is 0.884.